The second-order valence-electron chi connectivity index (χ2n) is 2.45. The number of hydrogen-bond acceptors (Lipinski definition) is 3. The molecule has 0 bridgehead atoms. The van der Waals surface area contributed by atoms with Crippen molar-refractivity contribution in [1.29, 1.82) is 0 Å². The Kier molecular flexibility index (Phi) is 3.02. The summed E-state index contributed by atoms with van der Waals surface area (Å²) in [4.78, 5) is 4.00. The van der Waals surface area contributed by atoms with E-state index in [2.05, 4.69) is 11.6 Å². The van der Waals surface area contributed by atoms with Gasteiger partial charge >= 0.3 is 7.12 Å². The van der Waals surface area contributed by atoms with Crippen molar-refractivity contribution in [1.82, 2.24) is 4.98 Å². The molecule has 0 aromatic carbocycles. The van der Waals surface area contributed by atoms with Gasteiger partial charge in [-0.15, -0.1) is 6.58 Å². The third-order valence-electron chi connectivity index (χ3n) is 1.50. The van der Waals surface area contributed by atoms with Crippen molar-refractivity contribution in [3.63, 3.8) is 0 Å². The summed E-state index contributed by atoms with van der Waals surface area (Å²) in [5, 5.41) is 17.5. The molecule has 0 fully saturated rings. The number of aromatic nitrogens is 1. The van der Waals surface area contributed by atoms with Gasteiger partial charge in [-0.25, -0.2) is 0 Å². The van der Waals surface area contributed by atoms with Crippen LogP contribution in [0.25, 0.3) is 0 Å². The van der Waals surface area contributed by atoms with Crippen LogP contribution in [0.3, 0.4) is 0 Å². The molecule has 1 heterocycles. The van der Waals surface area contributed by atoms with Gasteiger partial charge in [-0.1, -0.05) is 12.1 Å². The van der Waals surface area contributed by atoms with Gasteiger partial charge in [0.25, 0.3) is 0 Å². The minimum Gasteiger partial charge on any atom is -0.423 e. The Morgan fingerprint density at radius 1 is 1.50 bits per heavy atom. The van der Waals surface area contributed by atoms with Gasteiger partial charge in [-0.2, -0.15) is 0 Å². The Balaban J connectivity index is 2.78. The molecular weight excluding hydrogens is 153 g/mol. The van der Waals surface area contributed by atoms with Crippen LogP contribution in [0.4, 0.5) is 0 Å². The van der Waals surface area contributed by atoms with Gasteiger partial charge in [0.15, 0.2) is 0 Å². The number of nitrogens with zero attached hydrogens (tertiary/aromatic N) is 1. The lowest BCUT2D eigenvalue weighted by atomic mass is 9.81. The number of pyridine rings is 1. The summed E-state index contributed by atoms with van der Waals surface area (Å²) >= 11 is 0. The second-order valence-corrected chi connectivity index (χ2v) is 2.45. The Labute approximate surface area is 71.5 Å². The van der Waals surface area contributed by atoms with E-state index >= 15 is 0 Å². The van der Waals surface area contributed by atoms with Crippen molar-refractivity contribution < 1.29 is 10.0 Å². The van der Waals surface area contributed by atoms with Crippen LogP contribution in [-0.2, 0) is 6.42 Å². The number of allylic oxidation sites excluding steroid dienone is 1. The largest absolute Gasteiger partial charge is 0.490 e. The Morgan fingerprint density at radius 2 is 2.25 bits per heavy atom. The van der Waals surface area contributed by atoms with Crippen LogP contribution in [-0.4, -0.2) is 22.2 Å². The fourth-order valence-electron chi connectivity index (χ4n) is 0.857. The maximum atomic E-state index is 8.74. The Hall–Kier alpha value is -1.13. The predicted molar refractivity (Wildman–Crippen MR) is 48.0 cm³/mol. The molecule has 62 valence electrons. The standard InChI is InChI=1S/C8H10BNO2/c1-2-3-8-5-4-7(6-10-8)9(11)12/h2,4-6,11-12H,1,3H2. The van der Waals surface area contributed by atoms with Crippen molar-refractivity contribution in [3.8, 4) is 0 Å². The summed E-state index contributed by atoms with van der Waals surface area (Å²) in [6, 6.07) is 3.38. The molecule has 4 heteroatoms. The zero-order valence-corrected chi connectivity index (χ0v) is 6.64. The summed E-state index contributed by atoms with van der Waals surface area (Å²) in [6.07, 6.45) is 3.89. The number of hydrogen-bond donors (Lipinski definition) is 2. The molecule has 0 amide bonds. The highest BCUT2D eigenvalue weighted by atomic mass is 16.4. The van der Waals surface area contributed by atoms with Crippen molar-refractivity contribution in [2.75, 3.05) is 0 Å². The highest BCUT2D eigenvalue weighted by Crippen LogP contribution is 1.93. The third kappa shape index (κ3) is 2.18. The maximum absolute atomic E-state index is 8.74. The van der Waals surface area contributed by atoms with Gasteiger partial charge in [0.2, 0.25) is 0 Å². The van der Waals surface area contributed by atoms with Gasteiger partial charge in [0.1, 0.15) is 0 Å². The molecule has 0 saturated heterocycles. The van der Waals surface area contributed by atoms with Crippen LogP contribution in [0, 0.1) is 0 Å². The van der Waals surface area contributed by atoms with E-state index < -0.39 is 7.12 Å². The topological polar surface area (TPSA) is 53.4 Å². The van der Waals surface area contributed by atoms with Crippen molar-refractivity contribution in [2.24, 2.45) is 0 Å². The predicted octanol–water partition coefficient (Wildman–Crippen LogP) is -0.510. The maximum Gasteiger partial charge on any atom is 0.490 e. The first-order chi connectivity index (χ1) is 5.74. The molecular formula is C8H10BNO2. The third-order valence-corrected chi connectivity index (χ3v) is 1.50. The van der Waals surface area contributed by atoms with Crippen molar-refractivity contribution in [2.45, 2.75) is 6.42 Å². The molecule has 0 aliphatic rings. The highest BCUT2D eigenvalue weighted by Gasteiger charge is 2.09. The lowest BCUT2D eigenvalue weighted by Gasteiger charge is -1.99. The SMILES string of the molecule is C=CCc1ccc(B(O)O)cn1. The average molecular weight is 163 g/mol. The lowest BCUT2D eigenvalue weighted by Crippen LogP contribution is -2.30. The molecule has 0 aliphatic heterocycles. The highest BCUT2D eigenvalue weighted by molar-refractivity contribution is 6.58. The molecule has 0 radical (unpaired) electrons. The molecule has 0 unspecified atom stereocenters. The molecule has 3 nitrogen and oxygen atoms in total. The van der Waals surface area contributed by atoms with Crippen LogP contribution < -0.4 is 5.46 Å². The van der Waals surface area contributed by atoms with Gasteiger partial charge in [0, 0.05) is 23.8 Å². The van der Waals surface area contributed by atoms with Gasteiger partial charge in [-0.3, -0.25) is 4.98 Å². The first-order valence-corrected chi connectivity index (χ1v) is 3.66. The van der Waals surface area contributed by atoms with Gasteiger partial charge < -0.3 is 10.0 Å². The minimum atomic E-state index is -1.43. The summed E-state index contributed by atoms with van der Waals surface area (Å²) in [5.41, 5.74) is 1.28. The quantitative estimate of drug-likeness (QED) is 0.466. The molecule has 12 heavy (non-hydrogen) atoms. The van der Waals surface area contributed by atoms with Crippen molar-refractivity contribution in [3.05, 3.63) is 36.7 Å². The molecule has 1 rings (SSSR count). The van der Waals surface area contributed by atoms with Crippen LogP contribution in [0.1, 0.15) is 5.69 Å². The molecule has 1 aromatic heterocycles. The summed E-state index contributed by atoms with van der Waals surface area (Å²) < 4.78 is 0. The smallest absolute Gasteiger partial charge is 0.423 e. The molecule has 0 aliphatic carbocycles. The van der Waals surface area contributed by atoms with Crippen LogP contribution >= 0.6 is 0 Å². The molecule has 0 spiro atoms. The van der Waals surface area contributed by atoms with E-state index in [-0.39, 0.29) is 0 Å². The van der Waals surface area contributed by atoms with Crippen LogP contribution in [0.15, 0.2) is 31.0 Å². The van der Waals surface area contributed by atoms with E-state index in [0.29, 0.717) is 11.9 Å². The van der Waals surface area contributed by atoms with Gasteiger partial charge in [0.05, 0.1) is 0 Å². The van der Waals surface area contributed by atoms with Gasteiger partial charge in [-0.05, 0) is 6.07 Å². The first kappa shape index (κ1) is 8.97. The minimum absolute atomic E-state index is 0.405. The van der Waals surface area contributed by atoms with Crippen LogP contribution in [0.5, 0.6) is 0 Å². The zero-order chi connectivity index (χ0) is 8.97. The van der Waals surface area contributed by atoms with E-state index in [0.717, 1.165) is 5.69 Å². The summed E-state index contributed by atoms with van der Waals surface area (Å²) in [7, 11) is -1.43. The van der Waals surface area contributed by atoms with E-state index in [1.165, 1.54) is 6.20 Å². The Morgan fingerprint density at radius 3 is 2.67 bits per heavy atom. The zero-order valence-electron chi connectivity index (χ0n) is 6.64. The fraction of sp³-hybridized carbons (Fsp3) is 0.125. The van der Waals surface area contributed by atoms with Crippen molar-refractivity contribution >= 4 is 12.6 Å². The van der Waals surface area contributed by atoms with E-state index in [4.69, 9.17) is 10.0 Å². The molecule has 0 saturated carbocycles. The molecule has 2 N–H and O–H groups in total. The fourth-order valence-corrected chi connectivity index (χ4v) is 0.857. The molecule has 0 atom stereocenters. The normalized spacial score (nSPS) is 9.50. The summed E-state index contributed by atoms with van der Waals surface area (Å²) in [5.74, 6) is 0. The van der Waals surface area contributed by atoms with Crippen LogP contribution in [0.2, 0.25) is 0 Å². The first-order valence-electron chi connectivity index (χ1n) is 3.66. The summed E-state index contributed by atoms with van der Waals surface area (Å²) in [6.45, 7) is 3.57. The van der Waals surface area contributed by atoms with E-state index in [1.54, 1.807) is 18.2 Å². The molecule has 1 aromatic rings. The Bertz CT molecular complexity index is 258. The van der Waals surface area contributed by atoms with E-state index in [1.807, 2.05) is 0 Å². The number of rotatable bonds is 3. The lowest BCUT2D eigenvalue weighted by molar-refractivity contribution is 0.425. The monoisotopic (exact) mass is 163 g/mol. The second kappa shape index (κ2) is 4.04. The van der Waals surface area contributed by atoms with E-state index in [9.17, 15) is 0 Å². The average Bonchev–Trinajstić information content (AvgIpc) is 2.06.